The summed E-state index contributed by atoms with van der Waals surface area (Å²) in [5.74, 6) is 3.03. The Hall–Kier alpha value is -0.271. The number of hydrogen-bond donors (Lipinski definition) is 1. The molecule has 0 atom stereocenters. The Balaban J connectivity index is 1.76. The van der Waals surface area contributed by atoms with Crippen LogP contribution >= 0.6 is 0 Å². The summed E-state index contributed by atoms with van der Waals surface area (Å²) in [6.07, 6.45) is 8.78. The molecule has 0 amide bonds. The molecule has 1 heterocycles. The standard InChI is InChI=1S/C13H18N2Se/c14-12-15-11(7-16-12)13-4-8-1-9(5-13)3-10(2-8)6-13/h7-10H,1-6H2,(H2,14,15). The van der Waals surface area contributed by atoms with Crippen molar-refractivity contribution in [3.8, 4) is 0 Å². The van der Waals surface area contributed by atoms with Gasteiger partial charge >= 0.3 is 102 Å². The maximum absolute atomic E-state index is 5.87. The Morgan fingerprint density at radius 2 is 1.69 bits per heavy atom. The first kappa shape index (κ1) is 9.73. The molecule has 2 N–H and O–H groups in total. The molecule has 16 heavy (non-hydrogen) atoms. The summed E-state index contributed by atoms with van der Waals surface area (Å²) in [4.78, 5) is 7.03. The summed E-state index contributed by atoms with van der Waals surface area (Å²) in [5, 5.41) is 0. The average Bonchev–Trinajstić information content (AvgIpc) is 2.63. The van der Waals surface area contributed by atoms with E-state index in [1.807, 2.05) is 0 Å². The zero-order valence-electron chi connectivity index (χ0n) is 9.48. The molecule has 0 spiro atoms. The molecule has 4 bridgehead atoms. The first-order valence-corrected chi connectivity index (χ1v) is 8.29. The van der Waals surface area contributed by atoms with Gasteiger partial charge in [-0.15, -0.1) is 0 Å². The van der Waals surface area contributed by atoms with E-state index in [-0.39, 0.29) is 0 Å². The third kappa shape index (κ3) is 1.28. The second-order valence-electron chi connectivity index (χ2n) is 6.27. The van der Waals surface area contributed by atoms with E-state index < -0.39 is 0 Å². The molecule has 2 nitrogen and oxygen atoms in total. The van der Waals surface area contributed by atoms with Crippen LogP contribution in [0.5, 0.6) is 0 Å². The molecule has 4 saturated carbocycles. The number of nitrogens with two attached hydrogens (primary N) is 1. The van der Waals surface area contributed by atoms with Gasteiger partial charge in [-0.1, -0.05) is 0 Å². The van der Waals surface area contributed by atoms with E-state index in [9.17, 15) is 0 Å². The number of aromatic nitrogens is 1. The van der Waals surface area contributed by atoms with Crippen LogP contribution in [0, 0.1) is 17.8 Å². The van der Waals surface area contributed by atoms with Crippen LogP contribution in [0.4, 0.5) is 4.69 Å². The molecule has 0 radical (unpaired) electrons. The summed E-state index contributed by atoms with van der Waals surface area (Å²) in [6, 6.07) is 0. The van der Waals surface area contributed by atoms with E-state index in [4.69, 9.17) is 5.73 Å². The van der Waals surface area contributed by atoms with Crippen LogP contribution in [0.1, 0.15) is 44.2 Å². The minimum atomic E-state index is 0.360. The molecule has 0 unspecified atom stereocenters. The Kier molecular flexibility index (Phi) is 1.91. The molecule has 0 aliphatic heterocycles. The Bertz CT molecular complexity index is 388. The summed E-state index contributed by atoms with van der Waals surface area (Å²) < 4.78 is 0.901. The normalized spacial score (nSPS) is 45.1. The van der Waals surface area contributed by atoms with Gasteiger partial charge in [0.15, 0.2) is 0 Å². The van der Waals surface area contributed by atoms with Gasteiger partial charge in [-0.2, -0.15) is 0 Å². The van der Waals surface area contributed by atoms with Crippen LogP contribution in [0.2, 0.25) is 0 Å². The van der Waals surface area contributed by atoms with Crippen molar-refractivity contribution in [3.05, 3.63) is 10.6 Å². The number of nitrogens with zero attached hydrogens (tertiary/aromatic N) is 1. The fourth-order valence-electron chi connectivity index (χ4n) is 4.96. The molecular weight excluding hydrogens is 263 g/mol. The van der Waals surface area contributed by atoms with Gasteiger partial charge in [0.2, 0.25) is 0 Å². The maximum atomic E-state index is 5.87. The van der Waals surface area contributed by atoms with Crippen LogP contribution in [0.3, 0.4) is 0 Å². The predicted molar refractivity (Wildman–Crippen MR) is 65.4 cm³/mol. The van der Waals surface area contributed by atoms with Crippen LogP contribution in [-0.4, -0.2) is 19.5 Å². The third-order valence-corrected chi connectivity index (χ3v) is 6.52. The molecule has 3 heteroatoms. The Morgan fingerprint density at radius 1 is 1.12 bits per heavy atom. The minimum absolute atomic E-state index is 0.360. The van der Waals surface area contributed by atoms with Gasteiger partial charge in [-0.3, -0.25) is 0 Å². The van der Waals surface area contributed by atoms with E-state index in [1.165, 1.54) is 44.2 Å². The van der Waals surface area contributed by atoms with Crippen molar-refractivity contribution in [2.75, 3.05) is 5.73 Å². The first-order chi connectivity index (χ1) is 7.73. The summed E-state index contributed by atoms with van der Waals surface area (Å²) in [5.41, 5.74) is 7.73. The van der Waals surface area contributed by atoms with Crippen molar-refractivity contribution < 1.29 is 0 Å². The number of anilines is 1. The molecule has 4 aliphatic rings. The molecule has 4 fully saturated rings. The third-order valence-electron chi connectivity index (χ3n) is 5.10. The number of rotatable bonds is 1. The van der Waals surface area contributed by atoms with Crippen LogP contribution in [0.15, 0.2) is 4.94 Å². The summed E-state index contributed by atoms with van der Waals surface area (Å²) in [6.45, 7) is 0. The molecule has 4 aliphatic carbocycles. The fraction of sp³-hybridized carbons (Fsp3) is 0.769. The van der Waals surface area contributed by atoms with Gasteiger partial charge < -0.3 is 0 Å². The molecule has 0 aromatic carbocycles. The predicted octanol–water partition coefficient (Wildman–Crippen LogP) is 2.19. The molecule has 1 aromatic heterocycles. The van der Waals surface area contributed by atoms with E-state index in [2.05, 4.69) is 9.92 Å². The SMILES string of the molecule is Nc1nc(C23CC4CC(CC(C4)C2)C3)c[se]1. The second kappa shape index (κ2) is 3.14. The topological polar surface area (TPSA) is 38.9 Å². The van der Waals surface area contributed by atoms with Crippen LogP contribution in [-0.2, 0) is 5.41 Å². The van der Waals surface area contributed by atoms with Crippen molar-refractivity contribution in [1.29, 1.82) is 0 Å². The van der Waals surface area contributed by atoms with Gasteiger partial charge in [0.1, 0.15) is 0 Å². The molecular formula is C13H18N2Se. The van der Waals surface area contributed by atoms with Crippen LogP contribution < -0.4 is 5.73 Å². The van der Waals surface area contributed by atoms with E-state index in [0.29, 0.717) is 19.9 Å². The Labute approximate surface area is 102 Å². The van der Waals surface area contributed by atoms with Crippen molar-refractivity contribution >= 4 is 19.2 Å². The van der Waals surface area contributed by atoms with Crippen molar-refractivity contribution in [3.63, 3.8) is 0 Å². The zero-order valence-corrected chi connectivity index (χ0v) is 11.2. The monoisotopic (exact) mass is 282 g/mol. The van der Waals surface area contributed by atoms with Gasteiger partial charge in [-0.05, 0) is 0 Å². The van der Waals surface area contributed by atoms with Crippen molar-refractivity contribution in [1.82, 2.24) is 4.98 Å². The van der Waals surface area contributed by atoms with E-state index >= 15 is 0 Å². The van der Waals surface area contributed by atoms with Gasteiger partial charge in [-0.25, -0.2) is 0 Å². The zero-order chi connectivity index (χ0) is 10.8. The van der Waals surface area contributed by atoms with Crippen LogP contribution in [0.25, 0.3) is 0 Å². The first-order valence-electron chi connectivity index (χ1n) is 6.45. The molecule has 86 valence electrons. The molecule has 1 aromatic rings. The fourth-order valence-corrected chi connectivity index (χ4v) is 6.40. The van der Waals surface area contributed by atoms with Gasteiger partial charge in [0, 0.05) is 0 Å². The molecule has 0 saturated heterocycles. The van der Waals surface area contributed by atoms with Gasteiger partial charge in [0.05, 0.1) is 0 Å². The summed E-state index contributed by atoms with van der Waals surface area (Å²) >= 11 is 0.360. The van der Waals surface area contributed by atoms with Gasteiger partial charge in [0.25, 0.3) is 0 Å². The second-order valence-corrected chi connectivity index (χ2v) is 8.14. The quantitative estimate of drug-likeness (QED) is 0.801. The number of nitrogen functional groups attached to an aromatic ring is 1. The molecule has 5 rings (SSSR count). The van der Waals surface area contributed by atoms with Crippen molar-refractivity contribution in [2.45, 2.75) is 43.9 Å². The van der Waals surface area contributed by atoms with Crippen molar-refractivity contribution in [2.24, 2.45) is 17.8 Å². The average molecular weight is 281 g/mol. The summed E-state index contributed by atoms with van der Waals surface area (Å²) in [7, 11) is 0. The van der Waals surface area contributed by atoms with E-state index in [0.717, 1.165) is 22.4 Å². The van der Waals surface area contributed by atoms with E-state index in [1.54, 1.807) is 0 Å². The number of hydrogen-bond acceptors (Lipinski definition) is 2. The Morgan fingerprint density at radius 3 is 2.12 bits per heavy atom.